The van der Waals surface area contributed by atoms with Gasteiger partial charge in [0.2, 0.25) is 0 Å². The van der Waals surface area contributed by atoms with Gasteiger partial charge in [-0.2, -0.15) is 0 Å². The molecule has 0 aromatic rings. The fourth-order valence-corrected chi connectivity index (χ4v) is 2.58. The Labute approximate surface area is 81.5 Å². The first-order valence-corrected chi connectivity index (χ1v) is 5.76. The highest BCUT2D eigenvalue weighted by Crippen LogP contribution is 2.32. The van der Waals surface area contributed by atoms with Crippen molar-refractivity contribution < 1.29 is 0 Å². The first kappa shape index (κ1) is 9.47. The average Bonchev–Trinajstić information content (AvgIpc) is 2.87. The van der Waals surface area contributed by atoms with Crippen molar-refractivity contribution in [3.8, 4) is 0 Å². The van der Waals surface area contributed by atoms with Crippen LogP contribution < -0.4 is 5.73 Å². The number of nitrogens with two attached hydrogens (primary N) is 1. The van der Waals surface area contributed by atoms with Crippen LogP contribution >= 0.6 is 0 Å². The summed E-state index contributed by atoms with van der Waals surface area (Å²) in [7, 11) is 0. The van der Waals surface area contributed by atoms with Gasteiger partial charge in [-0.15, -0.1) is 0 Å². The van der Waals surface area contributed by atoms with Gasteiger partial charge >= 0.3 is 0 Å². The molecule has 0 atom stereocenters. The van der Waals surface area contributed by atoms with E-state index in [0.717, 1.165) is 12.6 Å². The number of hydrogen-bond donors (Lipinski definition) is 1. The average molecular weight is 182 g/mol. The van der Waals surface area contributed by atoms with Gasteiger partial charge in [0.15, 0.2) is 0 Å². The summed E-state index contributed by atoms with van der Waals surface area (Å²) < 4.78 is 0. The molecule has 13 heavy (non-hydrogen) atoms. The zero-order chi connectivity index (χ0) is 9.31. The molecule has 2 fully saturated rings. The Balaban J connectivity index is 1.86. The Bertz CT molecular complexity index is 169. The van der Waals surface area contributed by atoms with Gasteiger partial charge in [-0.25, -0.2) is 0 Å². The van der Waals surface area contributed by atoms with Gasteiger partial charge in [0.05, 0.1) is 0 Å². The van der Waals surface area contributed by atoms with Crippen LogP contribution in [-0.4, -0.2) is 29.6 Å². The van der Waals surface area contributed by atoms with E-state index in [1.807, 2.05) is 0 Å². The first-order chi connectivity index (χ1) is 6.23. The van der Waals surface area contributed by atoms with Gasteiger partial charge in [0, 0.05) is 18.1 Å². The normalized spacial score (nSPS) is 27.0. The van der Waals surface area contributed by atoms with E-state index in [-0.39, 0.29) is 5.54 Å². The number of likely N-dealkylation sites (N-methyl/N-ethyl adjacent to an activating group) is 1. The van der Waals surface area contributed by atoms with Gasteiger partial charge in [0.25, 0.3) is 0 Å². The van der Waals surface area contributed by atoms with E-state index in [4.69, 9.17) is 5.73 Å². The molecular formula is C11H22N2. The van der Waals surface area contributed by atoms with E-state index in [0.29, 0.717) is 0 Å². The van der Waals surface area contributed by atoms with Crippen molar-refractivity contribution in [2.24, 2.45) is 5.73 Å². The maximum atomic E-state index is 6.36. The van der Waals surface area contributed by atoms with Crippen LogP contribution in [0.2, 0.25) is 0 Å². The van der Waals surface area contributed by atoms with Crippen molar-refractivity contribution in [3.05, 3.63) is 0 Å². The van der Waals surface area contributed by atoms with Crippen molar-refractivity contribution in [2.45, 2.75) is 57.0 Å². The maximum Gasteiger partial charge on any atom is 0.0283 e. The quantitative estimate of drug-likeness (QED) is 0.717. The molecular weight excluding hydrogens is 160 g/mol. The predicted molar refractivity (Wildman–Crippen MR) is 55.7 cm³/mol. The van der Waals surface area contributed by atoms with E-state index in [2.05, 4.69) is 11.8 Å². The lowest BCUT2D eigenvalue weighted by Crippen LogP contribution is -2.48. The molecule has 2 nitrogen and oxygen atoms in total. The molecule has 76 valence electrons. The standard InChI is InChI=1S/C11H22N2/c1-2-13(10-5-6-10)9-11(12)7-3-4-8-11/h10H,2-9,12H2,1H3. The monoisotopic (exact) mass is 182 g/mol. The smallest absolute Gasteiger partial charge is 0.0283 e. The Morgan fingerprint density at radius 2 is 1.92 bits per heavy atom. The molecule has 0 bridgehead atoms. The molecule has 2 rings (SSSR count). The summed E-state index contributed by atoms with van der Waals surface area (Å²) in [5, 5.41) is 0. The minimum absolute atomic E-state index is 0.165. The van der Waals surface area contributed by atoms with Crippen LogP contribution in [-0.2, 0) is 0 Å². The zero-order valence-corrected chi connectivity index (χ0v) is 8.76. The number of nitrogens with zero attached hydrogens (tertiary/aromatic N) is 1. The molecule has 2 N–H and O–H groups in total. The van der Waals surface area contributed by atoms with Gasteiger partial charge in [-0.1, -0.05) is 19.8 Å². The second-order valence-corrected chi connectivity index (χ2v) is 4.86. The summed E-state index contributed by atoms with van der Waals surface area (Å²) in [5.74, 6) is 0. The summed E-state index contributed by atoms with van der Waals surface area (Å²) in [4.78, 5) is 2.59. The van der Waals surface area contributed by atoms with Gasteiger partial charge in [-0.05, 0) is 32.2 Å². The van der Waals surface area contributed by atoms with Crippen LogP contribution in [0.15, 0.2) is 0 Å². The third kappa shape index (κ3) is 2.23. The SMILES string of the molecule is CCN(CC1(N)CCCC1)C1CC1. The van der Waals surface area contributed by atoms with Crippen LogP contribution in [0.4, 0.5) is 0 Å². The molecule has 0 saturated heterocycles. The molecule has 2 aliphatic carbocycles. The van der Waals surface area contributed by atoms with Crippen LogP contribution in [0.5, 0.6) is 0 Å². The Hall–Kier alpha value is -0.0800. The van der Waals surface area contributed by atoms with Crippen molar-refractivity contribution >= 4 is 0 Å². The summed E-state index contributed by atoms with van der Waals surface area (Å²) in [6.07, 6.45) is 8.00. The highest BCUT2D eigenvalue weighted by Gasteiger charge is 2.36. The number of hydrogen-bond acceptors (Lipinski definition) is 2. The van der Waals surface area contributed by atoms with Crippen molar-refractivity contribution in [3.63, 3.8) is 0 Å². The third-order valence-electron chi connectivity index (χ3n) is 3.59. The van der Waals surface area contributed by atoms with Crippen molar-refractivity contribution in [2.75, 3.05) is 13.1 Å². The third-order valence-corrected chi connectivity index (χ3v) is 3.59. The molecule has 2 saturated carbocycles. The molecule has 0 aliphatic heterocycles. The fourth-order valence-electron chi connectivity index (χ4n) is 2.58. The lowest BCUT2D eigenvalue weighted by Gasteiger charge is -2.31. The van der Waals surface area contributed by atoms with Gasteiger partial charge in [0.1, 0.15) is 0 Å². The van der Waals surface area contributed by atoms with E-state index in [9.17, 15) is 0 Å². The van der Waals surface area contributed by atoms with Crippen LogP contribution in [0, 0.1) is 0 Å². The highest BCUT2D eigenvalue weighted by atomic mass is 15.2. The van der Waals surface area contributed by atoms with Crippen LogP contribution in [0.3, 0.4) is 0 Å². The molecule has 0 spiro atoms. The van der Waals surface area contributed by atoms with E-state index in [1.54, 1.807) is 0 Å². The number of rotatable bonds is 4. The molecule has 0 radical (unpaired) electrons. The van der Waals surface area contributed by atoms with Crippen molar-refractivity contribution in [1.29, 1.82) is 0 Å². The first-order valence-electron chi connectivity index (χ1n) is 5.76. The Morgan fingerprint density at radius 3 is 2.38 bits per heavy atom. The summed E-state index contributed by atoms with van der Waals surface area (Å²) in [5.41, 5.74) is 6.52. The van der Waals surface area contributed by atoms with Gasteiger partial charge < -0.3 is 5.73 Å². The predicted octanol–water partition coefficient (Wildman–Crippen LogP) is 1.74. The lowest BCUT2D eigenvalue weighted by molar-refractivity contribution is 0.209. The van der Waals surface area contributed by atoms with Crippen LogP contribution in [0.25, 0.3) is 0 Å². The zero-order valence-electron chi connectivity index (χ0n) is 8.76. The lowest BCUT2D eigenvalue weighted by atomic mass is 9.98. The molecule has 0 aromatic heterocycles. The van der Waals surface area contributed by atoms with Crippen molar-refractivity contribution in [1.82, 2.24) is 4.90 Å². The molecule has 2 aliphatic rings. The summed E-state index contributed by atoms with van der Waals surface area (Å²) >= 11 is 0. The highest BCUT2D eigenvalue weighted by molar-refractivity contribution is 4.95. The molecule has 0 heterocycles. The van der Waals surface area contributed by atoms with Crippen LogP contribution in [0.1, 0.15) is 45.4 Å². The maximum absolute atomic E-state index is 6.36. The van der Waals surface area contributed by atoms with E-state index in [1.165, 1.54) is 45.1 Å². The molecule has 0 unspecified atom stereocenters. The fraction of sp³-hybridized carbons (Fsp3) is 1.00. The van der Waals surface area contributed by atoms with E-state index >= 15 is 0 Å². The summed E-state index contributed by atoms with van der Waals surface area (Å²) in [6, 6.07) is 0.881. The minimum atomic E-state index is 0.165. The van der Waals surface area contributed by atoms with E-state index < -0.39 is 0 Å². The molecule has 2 heteroatoms. The molecule has 0 amide bonds. The molecule has 0 aromatic carbocycles. The largest absolute Gasteiger partial charge is 0.324 e. The van der Waals surface area contributed by atoms with Gasteiger partial charge in [-0.3, -0.25) is 4.90 Å². The second-order valence-electron chi connectivity index (χ2n) is 4.86. The topological polar surface area (TPSA) is 29.3 Å². The summed E-state index contributed by atoms with van der Waals surface area (Å²) in [6.45, 7) is 4.59. The second kappa shape index (κ2) is 3.58. The Kier molecular flexibility index (Phi) is 2.61. The Morgan fingerprint density at radius 1 is 1.31 bits per heavy atom. The minimum Gasteiger partial charge on any atom is -0.324 e.